The van der Waals surface area contributed by atoms with Crippen LogP contribution in [-0.4, -0.2) is 41.0 Å². The molecule has 0 N–H and O–H groups in total. The molecule has 0 aromatic heterocycles. The van der Waals surface area contributed by atoms with E-state index in [0.29, 0.717) is 0 Å². The second-order valence-electron chi connectivity index (χ2n) is 3.40. The molecule has 0 unspecified atom stereocenters. The Labute approximate surface area is 102 Å². The first-order chi connectivity index (χ1) is 8.61. The highest BCUT2D eigenvalue weighted by molar-refractivity contribution is 5.01. The SMILES string of the molecule is FN(F)CCC(F)(F)C(F)(F)C(F)(F)C(F)(F)N(F)F. The average Bonchev–Trinajstić information content (AvgIpc) is 2.25. The lowest BCUT2D eigenvalue weighted by Gasteiger charge is -2.36. The average molecular weight is 332 g/mol. The topological polar surface area (TPSA) is 6.48 Å². The van der Waals surface area contributed by atoms with Gasteiger partial charge in [0, 0.05) is 11.8 Å². The van der Waals surface area contributed by atoms with Crippen molar-refractivity contribution in [3.63, 3.8) is 0 Å². The van der Waals surface area contributed by atoms with Gasteiger partial charge in [0.2, 0.25) is 0 Å². The highest BCUT2D eigenvalue weighted by atomic mass is 19.4. The van der Waals surface area contributed by atoms with Crippen molar-refractivity contribution in [1.29, 1.82) is 0 Å². The Hall–Kier alpha value is -0.920. The van der Waals surface area contributed by atoms with Gasteiger partial charge in [0.25, 0.3) is 0 Å². The van der Waals surface area contributed by atoms with Crippen molar-refractivity contribution in [2.24, 2.45) is 0 Å². The van der Waals surface area contributed by atoms with Crippen LogP contribution in [0, 0.1) is 0 Å². The van der Waals surface area contributed by atoms with Gasteiger partial charge in [0.1, 0.15) is 0 Å². The van der Waals surface area contributed by atoms with E-state index in [4.69, 9.17) is 0 Å². The van der Waals surface area contributed by atoms with Crippen molar-refractivity contribution in [1.82, 2.24) is 10.7 Å². The first kappa shape index (κ1) is 19.1. The summed E-state index contributed by atoms with van der Waals surface area (Å²) in [5, 5.41) is -5.77. The second kappa shape index (κ2) is 5.46. The monoisotopic (exact) mass is 332 g/mol. The molecule has 0 rings (SSSR count). The van der Waals surface area contributed by atoms with E-state index < -0.39 is 47.5 Å². The van der Waals surface area contributed by atoms with Gasteiger partial charge in [-0.25, -0.2) is 0 Å². The summed E-state index contributed by atoms with van der Waals surface area (Å²) in [4.78, 5) is 0. The summed E-state index contributed by atoms with van der Waals surface area (Å²) in [5.74, 6) is -20.3. The van der Waals surface area contributed by atoms with E-state index >= 15 is 0 Å². The van der Waals surface area contributed by atoms with Gasteiger partial charge in [0.15, 0.2) is 0 Å². The molecular weight excluding hydrogens is 328 g/mol. The van der Waals surface area contributed by atoms with Crippen molar-refractivity contribution >= 4 is 0 Å². The lowest BCUT2D eigenvalue weighted by atomic mass is 10.00. The Morgan fingerprint density at radius 3 is 1.35 bits per heavy atom. The number of halogens is 12. The first-order valence-corrected chi connectivity index (χ1v) is 4.33. The number of rotatable bonds is 7. The van der Waals surface area contributed by atoms with Crippen LogP contribution >= 0.6 is 0 Å². The molecule has 0 bridgehead atoms. The smallest absolute Gasteiger partial charge is 0.200 e. The number of alkyl halides is 8. The van der Waals surface area contributed by atoms with Crippen molar-refractivity contribution < 1.29 is 53.0 Å². The molecule has 0 atom stereocenters. The molecule has 0 aliphatic rings. The quantitative estimate of drug-likeness (QED) is 0.395. The molecule has 0 amide bonds. The van der Waals surface area contributed by atoms with E-state index in [2.05, 4.69) is 0 Å². The van der Waals surface area contributed by atoms with Crippen LogP contribution in [-0.2, 0) is 0 Å². The Morgan fingerprint density at radius 2 is 1.05 bits per heavy atom. The van der Waals surface area contributed by atoms with Crippen LogP contribution in [0.2, 0.25) is 0 Å². The van der Waals surface area contributed by atoms with Gasteiger partial charge in [-0.2, -0.15) is 35.1 Å². The van der Waals surface area contributed by atoms with Gasteiger partial charge < -0.3 is 0 Å². The van der Waals surface area contributed by atoms with Gasteiger partial charge in [-0.3, -0.25) is 0 Å². The number of hydrogen-bond donors (Lipinski definition) is 0. The zero-order chi connectivity index (χ0) is 16.6. The molecular formula is C6H4F12N2. The van der Waals surface area contributed by atoms with E-state index in [1.807, 2.05) is 0 Å². The fourth-order valence-electron chi connectivity index (χ4n) is 0.907. The highest BCUT2D eigenvalue weighted by Gasteiger charge is 2.82. The van der Waals surface area contributed by atoms with Gasteiger partial charge in [-0.15, -0.1) is 8.96 Å². The Morgan fingerprint density at radius 1 is 0.650 bits per heavy atom. The summed E-state index contributed by atoms with van der Waals surface area (Å²) in [6, 6.07) is -6.94. The molecule has 14 heteroatoms. The van der Waals surface area contributed by atoms with Gasteiger partial charge in [0.05, 0.1) is 11.9 Å². The van der Waals surface area contributed by atoms with Crippen LogP contribution in [0.1, 0.15) is 6.42 Å². The predicted molar refractivity (Wildman–Crippen MR) is 37.4 cm³/mol. The number of hydrogen-bond acceptors (Lipinski definition) is 2. The molecule has 0 saturated carbocycles. The lowest BCUT2D eigenvalue weighted by molar-refractivity contribution is -0.452. The summed E-state index contributed by atoms with van der Waals surface area (Å²) in [5.41, 5.74) is 0. The number of nitrogens with zero attached hydrogens (tertiary/aromatic N) is 2. The van der Waals surface area contributed by atoms with E-state index in [1.54, 1.807) is 0 Å². The Balaban J connectivity index is 5.48. The molecule has 2 nitrogen and oxygen atoms in total. The third kappa shape index (κ3) is 3.05. The van der Waals surface area contributed by atoms with E-state index in [0.717, 1.165) is 0 Å². The molecule has 0 aromatic carbocycles. The third-order valence-electron chi connectivity index (χ3n) is 2.04. The molecule has 0 heterocycles. The Kier molecular flexibility index (Phi) is 5.21. The minimum atomic E-state index is -7.22. The van der Waals surface area contributed by atoms with Crippen molar-refractivity contribution in [3.8, 4) is 0 Å². The van der Waals surface area contributed by atoms with Crippen molar-refractivity contribution in [3.05, 3.63) is 0 Å². The van der Waals surface area contributed by atoms with Crippen LogP contribution < -0.4 is 0 Å². The minimum Gasteiger partial charge on any atom is -0.200 e. The second-order valence-corrected chi connectivity index (χ2v) is 3.40. The summed E-state index contributed by atoms with van der Waals surface area (Å²) in [6.45, 7) is -2.18. The van der Waals surface area contributed by atoms with E-state index in [-0.39, 0.29) is 0 Å². The van der Waals surface area contributed by atoms with Crippen molar-refractivity contribution in [2.75, 3.05) is 6.54 Å². The summed E-state index contributed by atoms with van der Waals surface area (Å²) < 4.78 is 146. The molecule has 0 radical (unpaired) electrons. The maximum Gasteiger partial charge on any atom is 0.426 e. The summed E-state index contributed by atoms with van der Waals surface area (Å²) in [7, 11) is 0. The van der Waals surface area contributed by atoms with Gasteiger partial charge in [-0.1, -0.05) is 8.96 Å². The predicted octanol–water partition coefficient (Wildman–Crippen LogP) is 4.02. The van der Waals surface area contributed by atoms with Crippen LogP contribution in [0.4, 0.5) is 53.0 Å². The molecule has 122 valence electrons. The maximum absolute atomic E-state index is 12.7. The van der Waals surface area contributed by atoms with E-state index in [1.165, 1.54) is 0 Å². The minimum absolute atomic E-state index is 2.10. The van der Waals surface area contributed by atoms with Gasteiger partial charge in [-0.05, 0) is 0 Å². The molecule has 0 aliphatic carbocycles. The van der Waals surface area contributed by atoms with Crippen LogP contribution in [0.5, 0.6) is 0 Å². The van der Waals surface area contributed by atoms with Crippen LogP contribution in [0.15, 0.2) is 0 Å². The largest absolute Gasteiger partial charge is 0.426 e. The highest BCUT2D eigenvalue weighted by Crippen LogP contribution is 2.54. The summed E-state index contributed by atoms with van der Waals surface area (Å²) in [6.07, 6.45) is -2.67. The molecule has 20 heavy (non-hydrogen) atoms. The molecule has 0 saturated heterocycles. The molecule has 0 spiro atoms. The zero-order valence-corrected chi connectivity index (χ0v) is 8.84. The standard InChI is InChI=1S/C6H4F12N2/c7-3(8,1-2-19(15)16)4(9,10)5(11,12)6(13,14)20(17)18/h1-2H2. The van der Waals surface area contributed by atoms with Gasteiger partial charge >= 0.3 is 23.8 Å². The molecule has 0 aliphatic heterocycles. The molecule has 0 aromatic rings. The third-order valence-corrected chi connectivity index (χ3v) is 2.04. The van der Waals surface area contributed by atoms with Crippen LogP contribution in [0.3, 0.4) is 0 Å². The zero-order valence-electron chi connectivity index (χ0n) is 8.84. The first-order valence-electron chi connectivity index (χ1n) is 4.33. The van der Waals surface area contributed by atoms with Crippen LogP contribution in [0.25, 0.3) is 0 Å². The molecule has 0 fully saturated rings. The van der Waals surface area contributed by atoms with E-state index in [9.17, 15) is 53.0 Å². The van der Waals surface area contributed by atoms with Crippen molar-refractivity contribution in [2.45, 2.75) is 30.2 Å². The fourth-order valence-corrected chi connectivity index (χ4v) is 0.907. The maximum atomic E-state index is 12.7. The Bertz CT molecular complexity index is 326. The normalized spacial score (nSPS) is 15.3. The fraction of sp³-hybridized carbons (Fsp3) is 1.00. The summed E-state index contributed by atoms with van der Waals surface area (Å²) >= 11 is 0. The lowest BCUT2D eigenvalue weighted by Crippen LogP contribution is -2.65.